The lowest BCUT2D eigenvalue weighted by Gasteiger charge is -2.00. The van der Waals surface area contributed by atoms with Crippen molar-refractivity contribution in [1.29, 1.82) is 0 Å². The Kier molecular flexibility index (Phi) is 2.98. The summed E-state index contributed by atoms with van der Waals surface area (Å²) >= 11 is 0. The van der Waals surface area contributed by atoms with Crippen LogP contribution in [-0.4, -0.2) is 26.9 Å². The molecule has 3 heterocycles. The van der Waals surface area contributed by atoms with Crippen molar-refractivity contribution in [3.05, 3.63) is 42.0 Å². The van der Waals surface area contributed by atoms with Crippen LogP contribution >= 0.6 is 0 Å². The monoisotopic (exact) mass is 271 g/mol. The van der Waals surface area contributed by atoms with Crippen molar-refractivity contribution in [1.82, 2.24) is 14.4 Å². The fraction of sp³-hybridized carbons (Fsp3) is 0.214. The molecule has 0 fully saturated rings. The fourth-order valence-electron chi connectivity index (χ4n) is 1.97. The van der Waals surface area contributed by atoms with Gasteiger partial charge in [0.2, 0.25) is 5.78 Å². The number of hydrogen-bond donors (Lipinski definition) is 0. The van der Waals surface area contributed by atoms with Crippen molar-refractivity contribution in [3.8, 4) is 11.5 Å². The Labute approximate surface area is 115 Å². The maximum Gasteiger partial charge on any atom is 0.358 e. The minimum Gasteiger partial charge on any atom is -0.461 e. The van der Waals surface area contributed by atoms with Crippen LogP contribution in [0.2, 0.25) is 0 Å². The molecule has 6 nitrogen and oxygen atoms in total. The molecule has 0 spiro atoms. The van der Waals surface area contributed by atoms with E-state index in [1.165, 1.54) is 0 Å². The van der Waals surface area contributed by atoms with E-state index in [1.54, 1.807) is 23.7 Å². The Hall–Kier alpha value is -2.63. The van der Waals surface area contributed by atoms with E-state index >= 15 is 0 Å². The molecule has 0 aromatic carbocycles. The third-order valence-corrected chi connectivity index (χ3v) is 2.85. The third-order valence-electron chi connectivity index (χ3n) is 2.85. The number of aromatic nitrogens is 3. The van der Waals surface area contributed by atoms with Gasteiger partial charge in [-0.2, -0.15) is 0 Å². The van der Waals surface area contributed by atoms with Crippen LogP contribution in [0.5, 0.6) is 0 Å². The Morgan fingerprint density at radius 1 is 1.40 bits per heavy atom. The second-order valence-corrected chi connectivity index (χ2v) is 4.26. The van der Waals surface area contributed by atoms with Crippen molar-refractivity contribution < 1.29 is 13.9 Å². The SMILES string of the molecule is CCOC(=O)c1cn2c(-c3ccc(C)o3)ccnc2n1. The number of ether oxygens (including phenoxy) is 1. The van der Waals surface area contributed by atoms with E-state index in [0.29, 0.717) is 18.1 Å². The van der Waals surface area contributed by atoms with Crippen molar-refractivity contribution >= 4 is 11.7 Å². The van der Waals surface area contributed by atoms with Crippen LogP contribution < -0.4 is 0 Å². The van der Waals surface area contributed by atoms with Crippen LogP contribution in [0.15, 0.2) is 35.0 Å². The molecular weight excluding hydrogens is 258 g/mol. The number of nitrogens with zero attached hydrogens (tertiary/aromatic N) is 3. The van der Waals surface area contributed by atoms with E-state index < -0.39 is 5.97 Å². The summed E-state index contributed by atoms with van der Waals surface area (Å²) in [7, 11) is 0. The summed E-state index contributed by atoms with van der Waals surface area (Å²) < 4.78 is 12.3. The molecule has 20 heavy (non-hydrogen) atoms. The molecule has 102 valence electrons. The summed E-state index contributed by atoms with van der Waals surface area (Å²) in [5.74, 6) is 1.48. The Morgan fingerprint density at radius 2 is 2.25 bits per heavy atom. The number of imidazole rings is 1. The van der Waals surface area contributed by atoms with Crippen molar-refractivity contribution in [2.45, 2.75) is 13.8 Å². The van der Waals surface area contributed by atoms with E-state index in [0.717, 1.165) is 11.5 Å². The number of esters is 1. The van der Waals surface area contributed by atoms with E-state index in [-0.39, 0.29) is 5.69 Å². The van der Waals surface area contributed by atoms with E-state index in [1.807, 2.05) is 25.1 Å². The average Bonchev–Trinajstić information content (AvgIpc) is 3.04. The fourth-order valence-corrected chi connectivity index (χ4v) is 1.97. The quantitative estimate of drug-likeness (QED) is 0.684. The minimum absolute atomic E-state index is 0.232. The number of carbonyl (C=O) groups is 1. The van der Waals surface area contributed by atoms with Gasteiger partial charge in [-0.1, -0.05) is 0 Å². The van der Waals surface area contributed by atoms with E-state index in [4.69, 9.17) is 9.15 Å². The van der Waals surface area contributed by atoms with Crippen LogP contribution in [0, 0.1) is 6.92 Å². The van der Waals surface area contributed by atoms with E-state index in [2.05, 4.69) is 9.97 Å². The number of furan rings is 1. The van der Waals surface area contributed by atoms with Gasteiger partial charge in [0, 0.05) is 12.4 Å². The molecule has 3 aromatic heterocycles. The highest BCUT2D eigenvalue weighted by Gasteiger charge is 2.15. The summed E-state index contributed by atoms with van der Waals surface area (Å²) in [4.78, 5) is 20.0. The summed E-state index contributed by atoms with van der Waals surface area (Å²) in [6.07, 6.45) is 3.23. The smallest absolute Gasteiger partial charge is 0.358 e. The Balaban J connectivity index is 2.12. The van der Waals surface area contributed by atoms with Crippen LogP contribution in [0.4, 0.5) is 0 Å². The standard InChI is InChI=1S/C14H13N3O3/c1-3-19-13(18)10-8-17-11(6-7-15-14(17)16-10)12-5-4-9(2)20-12/h4-8H,3H2,1-2H3. The summed E-state index contributed by atoms with van der Waals surface area (Å²) in [6, 6.07) is 5.56. The van der Waals surface area contributed by atoms with Crippen LogP contribution in [0.3, 0.4) is 0 Å². The highest BCUT2D eigenvalue weighted by Crippen LogP contribution is 2.22. The molecule has 6 heteroatoms. The maximum absolute atomic E-state index is 11.7. The molecule has 3 rings (SSSR count). The number of fused-ring (bicyclic) bond motifs is 1. The minimum atomic E-state index is -0.459. The number of rotatable bonds is 3. The molecule has 0 saturated heterocycles. The molecule has 0 aliphatic rings. The van der Waals surface area contributed by atoms with Gasteiger partial charge in [-0.15, -0.1) is 0 Å². The van der Waals surface area contributed by atoms with Gasteiger partial charge in [-0.25, -0.2) is 14.8 Å². The topological polar surface area (TPSA) is 69.6 Å². The first-order valence-corrected chi connectivity index (χ1v) is 6.27. The first kappa shape index (κ1) is 12.4. The van der Waals surface area contributed by atoms with Gasteiger partial charge in [-0.05, 0) is 32.0 Å². The van der Waals surface area contributed by atoms with Gasteiger partial charge in [0.15, 0.2) is 11.5 Å². The van der Waals surface area contributed by atoms with Gasteiger partial charge in [0.25, 0.3) is 0 Å². The van der Waals surface area contributed by atoms with Crippen molar-refractivity contribution in [3.63, 3.8) is 0 Å². The molecule has 0 bridgehead atoms. The maximum atomic E-state index is 11.7. The highest BCUT2D eigenvalue weighted by molar-refractivity contribution is 5.88. The largest absolute Gasteiger partial charge is 0.461 e. The zero-order valence-corrected chi connectivity index (χ0v) is 11.2. The zero-order valence-electron chi connectivity index (χ0n) is 11.2. The van der Waals surface area contributed by atoms with Crippen LogP contribution in [0.1, 0.15) is 23.2 Å². The first-order chi connectivity index (χ1) is 9.69. The molecule has 3 aromatic rings. The Morgan fingerprint density at radius 3 is 2.95 bits per heavy atom. The molecule has 0 aliphatic heterocycles. The van der Waals surface area contributed by atoms with Crippen LogP contribution in [0.25, 0.3) is 17.2 Å². The van der Waals surface area contributed by atoms with Crippen molar-refractivity contribution in [2.75, 3.05) is 6.61 Å². The molecule has 0 N–H and O–H groups in total. The lowest BCUT2D eigenvalue weighted by molar-refractivity contribution is 0.0520. The van der Waals surface area contributed by atoms with Gasteiger partial charge in [0.05, 0.1) is 12.3 Å². The summed E-state index contributed by atoms with van der Waals surface area (Å²) in [6.45, 7) is 3.94. The van der Waals surface area contributed by atoms with Gasteiger partial charge in [0.1, 0.15) is 5.76 Å². The summed E-state index contributed by atoms with van der Waals surface area (Å²) in [5.41, 5.74) is 1.02. The van der Waals surface area contributed by atoms with E-state index in [9.17, 15) is 4.79 Å². The normalized spacial score (nSPS) is 10.9. The summed E-state index contributed by atoms with van der Waals surface area (Å²) in [5, 5.41) is 0. The first-order valence-electron chi connectivity index (χ1n) is 6.27. The third kappa shape index (κ3) is 2.05. The van der Waals surface area contributed by atoms with Gasteiger partial charge >= 0.3 is 5.97 Å². The predicted molar refractivity (Wildman–Crippen MR) is 71.4 cm³/mol. The van der Waals surface area contributed by atoms with Gasteiger partial charge < -0.3 is 9.15 Å². The average molecular weight is 271 g/mol. The molecule has 0 atom stereocenters. The molecule has 0 unspecified atom stereocenters. The molecule has 0 aliphatic carbocycles. The Bertz CT molecular complexity index is 773. The lowest BCUT2D eigenvalue weighted by atomic mass is 10.3. The van der Waals surface area contributed by atoms with Gasteiger partial charge in [-0.3, -0.25) is 4.40 Å². The predicted octanol–water partition coefficient (Wildman–Crippen LogP) is 2.47. The zero-order chi connectivity index (χ0) is 14.1. The number of hydrogen-bond acceptors (Lipinski definition) is 5. The molecule has 0 radical (unpaired) electrons. The number of aryl methyl sites for hydroxylation is 1. The molecule has 0 saturated carbocycles. The second-order valence-electron chi connectivity index (χ2n) is 4.26. The molecular formula is C14H13N3O3. The van der Waals surface area contributed by atoms with Crippen molar-refractivity contribution in [2.24, 2.45) is 0 Å². The lowest BCUT2D eigenvalue weighted by Crippen LogP contribution is -2.04. The van der Waals surface area contributed by atoms with Crippen LogP contribution in [-0.2, 0) is 4.74 Å². The number of carbonyl (C=O) groups excluding carboxylic acids is 1. The highest BCUT2D eigenvalue weighted by atomic mass is 16.5. The molecule has 0 amide bonds. The second kappa shape index (κ2) is 4.80.